The second-order valence-electron chi connectivity index (χ2n) is 6.66. The molecule has 1 aromatic carbocycles. The van der Waals surface area contributed by atoms with Gasteiger partial charge in [-0.2, -0.15) is 5.10 Å². The maximum absolute atomic E-state index is 13.0. The number of benzene rings is 1. The van der Waals surface area contributed by atoms with Gasteiger partial charge in [-0.05, 0) is 38.1 Å². The van der Waals surface area contributed by atoms with Crippen molar-refractivity contribution in [3.8, 4) is 5.75 Å². The minimum Gasteiger partial charge on any atom is -0.492 e. The Kier molecular flexibility index (Phi) is 5.53. The molecule has 1 amide bonds. The van der Waals surface area contributed by atoms with E-state index in [4.69, 9.17) is 21.1 Å². The molecule has 0 N–H and O–H groups in total. The largest absolute Gasteiger partial charge is 0.492 e. The van der Waals surface area contributed by atoms with Gasteiger partial charge in [-0.3, -0.25) is 9.48 Å². The van der Waals surface area contributed by atoms with Crippen molar-refractivity contribution < 1.29 is 14.3 Å². The summed E-state index contributed by atoms with van der Waals surface area (Å²) in [6.45, 7) is 4.87. The number of carbonyl (C=O) groups is 1. The molecule has 2 aromatic rings. The molecule has 0 unspecified atom stereocenters. The zero-order chi connectivity index (χ0) is 18.8. The standard InChI is InChI=1S/C19H24ClN3O3/c1-12-11-16-17(13(2)26-12)21-23(4)18(16)19(24)22(3)9-10-25-15-7-5-14(20)6-8-15/h5-8,12-13H,9-11H2,1-4H3/t12-,13+/m1/s1. The fourth-order valence-electron chi connectivity index (χ4n) is 3.25. The molecule has 1 aliphatic rings. The zero-order valence-electron chi connectivity index (χ0n) is 15.5. The Morgan fingerprint density at radius 3 is 2.77 bits per heavy atom. The molecule has 7 heteroatoms. The first-order valence-corrected chi connectivity index (χ1v) is 9.09. The third kappa shape index (κ3) is 3.86. The molecule has 0 saturated carbocycles. The summed E-state index contributed by atoms with van der Waals surface area (Å²) in [6.07, 6.45) is 0.677. The van der Waals surface area contributed by atoms with Crippen molar-refractivity contribution in [1.82, 2.24) is 14.7 Å². The lowest BCUT2D eigenvalue weighted by Crippen LogP contribution is -2.33. The predicted octanol–water partition coefficient (Wildman–Crippen LogP) is 3.25. The maximum atomic E-state index is 13.0. The molecule has 0 saturated heterocycles. The van der Waals surface area contributed by atoms with E-state index in [1.807, 2.05) is 26.0 Å². The van der Waals surface area contributed by atoms with Crippen molar-refractivity contribution in [2.24, 2.45) is 7.05 Å². The number of aryl methyl sites for hydroxylation is 1. The van der Waals surface area contributed by atoms with Crippen LogP contribution >= 0.6 is 11.6 Å². The number of hydrogen-bond donors (Lipinski definition) is 0. The van der Waals surface area contributed by atoms with E-state index in [1.165, 1.54) is 0 Å². The highest BCUT2D eigenvalue weighted by atomic mass is 35.5. The lowest BCUT2D eigenvalue weighted by Gasteiger charge is -2.25. The normalized spacial score (nSPS) is 19.1. The molecule has 0 spiro atoms. The van der Waals surface area contributed by atoms with E-state index in [0.29, 0.717) is 30.3 Å². The molecule has 1 aliphatic heterocycles. The van der Waals surface area contributed by atoms with E-state index in [2.05, 4.69) is 5.10 Å². The Balaban J connectivity index is 1.66. The fraction of sp³-hybridized carbons (Fsp3) is 0.474. The molecule has 26 heavy (non-hydrogen) atoms. The van der Waals surface area contributed by atoms with Crippen molar-refractivity contribution in [2.45, 2.75) is 32.5 Å². The van der Waals surface area contributed by atoms with Gasteiger partial charge in [0.2, 0.25) is 0 Å². The molecule has 0 aliphatic carbocycles. The van der Waals surface area contributed by atoms with Crippen LogP contribution in [-0.4, -0.2) is 46.9 Å². The molecule has 0 fully saturated rings. The number of carbonyl (C=O) groups excluding carboxylic acids is 1. The van der Waals surface area contributed by atoms with Gasteiger partial charge in [-0.15, -0.1) is 0 Å². The number of aromatic nitrogens is 2. The van der Waals surface area contributed by atoms with Crippen LogP contribution in [0.4, 0.5) is 0 Å². The second kappa shape index (κ2) is 7.68. The van der Waals surface area contributed by atoms with Crippen LogP contribution < -0.4 is 4.74 Å². The van der Waals surface area contributed by atoms with Crippen molar-refractivity contribution in [1.29, 1.82) is 0 Å². The smallest absolute Gasteiger partial charge is 0.272 e. The number of rotatable bonds is 5. The van der Waals surface area contributed by atoms with Gasteiger partial charge in [0.05, 0.1) is 24.4 Å². The Bertz CT molecular complexity index is 788. The first-order chi connectivity index (χ1) is 12.4. The van der Waals surface area contributed by atoms with Gasteiger partial charge in [0.1, 0.15) is 18.1 Å². The van der Waals surface area contributed by atoms with Crippen molar-refractivity contribution in [3.05, 3.63) is 46.2 Å². The van der Waals surface area contributed by atoms with E-state index in [9.17, 15) is 4.79 Å². The SMILES string of the molecule is C[C@@H]1Cc2c(nn(C)c2C(=O)N(C)CCOc2ccc(Cl)cc2)[C@H](C)O1. The predicted molar refractivity (Wildman–Crippen MR) is 99.8 cm³/mol. The molecule has 3 rings (SSSR count). The van der Waals surface area contributed by atoms with E-state index >= 15 is 0 Å². The van der Waals surface area contributed by atoms with Gasteiger partial charge in [0.15, 0.2) is 0 Å². The van der Waals surface area contributed by atoms with Crippen LogP contribution in [0.3, 0.4) is 0 Å². The summed E-state index contributed by atoms with van der Waals surface area (Å²) >= 11 is 5.86. The monoisotopic (exact) mass is 377 g/mol. The maximum Gasteiger partial charge on any atom is 0.272 e. The van der Waals surface area contributed by atoms with Gasteiger partial charge in [0.25, 0.3) is 5.91 Å². The summed E-state index contributed by atoms with van der Waals surface area (Å²) in [5.74, 6) is 0.676. The molecule has 140 valence electrons. The average Bonchev–Trinajstić information content (AvgIpc) is 2.92. The zero-order valence-corrected chi connectivity index (χ0v) is 16.3. The molecule has 2 atom stereocenters. The fourth-order valence-corrected chi connectivity index (χ4v) is 3.37. The van der Waals surface area contributed by atoms with Gasteiger partial charge >= 0.3 is 0 Å². The number of ether oxygens (including phenoxy) is 2. The Hall–Kier alpha value is -2.05. The van der Waals surface area contributed by atoms with Gasteiger partial charge in [0, 0.05) is 31.1 Å². The average molecular weight is 378 g/mol. The first-order valence-electron chi connectivity index (χ1n) is 8.72. The van der Waals surface area contributed by atoms with Gasteiger partial charge in [-0.25, -0.2) is 0 Å². The van der Waals surface area contributed by atoms with Crippen molar-refractivity contribution in [3.63, 3.8) is 0 Å². The molecule has 0 radical (unpaired) electrons. The van der Waals surface area contributed by atoms with Crippen LogP contribution in [0.15, 0.2) is 24.3 Å². The number of halogens is 1. The highest BCUT2D eigenvalue weighted by Crippen LogP contribution is 2.31. The molecular weight excluding hydrogens is 354 g/mol. The summed E-state index contributed by atoms with van der Waals surface area (Å²) in [7, 11) is 3.58. The van der Waals surface area contributed by atoms with E-state index in [1.54, 1.807) is 35.8 Å². The third-order valence-corrected chi connectivity index (χ3v) is 4.80. The minimum absolute atomic E-state index is 0.0535. The molecule has 1 aromatic heterocycles. The van der Waals surface area contributed by atoms with Crippen LogP contribution in [0.2, 0.25) is 5.02 Å². The van der Waals surface area contributed by atoms with Crippen LogP contribution in [0, 0.1) is 0 Å². The van der Waals surface area contributed by atoms with Gasteiger partial charge < -0.3 is 14.4 Å². The number of hydrogen-bond acceptors (Lipinski definition) is 4. The first kappa shape index (κ1) is 18.7. The molecule has 0 bridgehead atoms. The van der Waals surface area contributed by atoms with Crippen LogP contribution in [-0.2, 0) is 18.2 Å². The van der Waals surface area contributed by atoms with E-state index in [-0.39, 0.29) is 18.1 Å². The van der Waals surface area contributed by atoms with Crippen LogP contribution in [0.1, 0.15) is 41.7 Å². The molecule has 2 heterocycles. The highest BCUT2D eigenvalue weighted by molar-refractivity contribution is 6.30. The van der Waals surface area contributed by atoms with E-state index < -0.39 is 0 Å². The number of likely N-dealkylation sites (N-methyl/N-ethyl adjacent to an activating group) is 1. The quantitative estimate of drug-likeness (QED) is 0.802. The summed E-state index contributed by atoms with van der Waals surface area (Å²) < 4.78 is 13.2. The lowest BCUT2D eigenvalue weighted by atomic mass is 9.99. The van der Waals surface area contributed by atoms with Crippen LogP contribution in [0.5, 0.6) is 5.75 Å². The summed E-state index contributed by atoms with van der Waals surface area (Å²) in [5, 5.41) is 5.17. The molecular formula is C19H24ClN3O3. The van der Waals surface area contributed by atoms with Crippen molar-refractivity contribution in [2.75, 3.05) is 20.2 Å². The number of nitrogens with zero attached hydrogens (tertiary/aromatic N) is 3. The number of amides is 1. The summed E-state index contributed by atoms with van der Waals surface area (Å²) in [4.78, 5) is 14.6. The minimum atomic E-state index is -0.0972. The lowest BCUT2D eigenvalue weighted by molar-refractivity contribution is -0.00713. The van der Waals surface area contributed by atoms with E-state index in [0.717, 1.165) is 17.0 Å². The topological polar surface area (TPSA) is 56.6 Å². The Morgan fingerprint density at radius 1 is 1.38 bits per heavy atom. The van der Waals surface area contributed by atoms with Crippen LogP contribution in [0.25, 0.3) is 0 Å². The van der Waals surface area contributed by atoms with Crippen molar-refractivity contribution >= 4 is 17.5 Å². The second-order valence-corrected chi connectivity index (χ2v) is 7.09. The van der Waals surface area contributed by atoms with Gasteiger partial charge in [-0.1, -0.05) is 11.6 Å². The number of fused-ring (bicyclic) bond motifs is 1. The summed E-state index contributed by atoms with van der Waals surface area (Å²) in [6, 6.07) is 7.17. The summed E-state index contributed by atoms with van der Waals surface area (Å²) in [5.41, 5.74) is 2.49. The third-order valence-electron chi connectivity index (χ3n) is 4.55. The highest BCUT2D eigenvalue weighted by Gasteiger charge is 2.32. The Morgan fingerprint density at radius 2 is 2.08 bits per heavy atom. The Labute approximate surface area is 158 Å². The molecule has 6 nitrogen and oxygen atoms in total.